The van der Waals surface area contributed by atoms with Crippen LogP contribution in [0.25, 0.3) is 0 Å². The van der Waals surface area contributed by atoms with Crippen molar-refractivity contribution < 1.29 is 9.90 Å². The van der Waals surface area contributed by atoms with E-state index < -0.39 is 0 Å². The molecule has 4 rings (SSSR count). The minimum absolute atomic E-state index is 0.0630. The molecule has 2 saturated carbocycles. The lowest BCUT2D eigenvalue weighted by Gasteiger charge is -2.35. The summed E-state index contributed by atoms with van der Waals surface area (Å²) in [5.41, 5.74) is 1.20. The van der Waals surface area contributed by atoms with Crippen LogP contribution in [0.15, 0.2) is 29.2 Å². The smallest absolute Gasteiger partial charge is 0.230 e. The van der Waals surface area contributed by atoms with Gasteiger partial charge >= 0.3 is 0 Å². The van der Waals surface area contributed by atoms with Gasteiger partial charge in [-0.15, -0.1) is 22.0 Å². The van der Waals surface area contributed by atoms with Gasteiger partial charge in [0.1, 0.15) is 12.4 Å². The highest BCUT2D eigenvalue weighted by Crippen LogP contribution is 2.42. The number of aromatic nitrogens is 3. The van der Waals surface area contributed by atoms with Crippen LogP contribution in [-0.2, 0) is 11.4 Å². The van der Waals surface area contributed by atoms with Crippen LogP contribution in [0.3, 0.4) is 0 Å². The zero-order valence-electron chi connectivity index (χ0n) is 14.9. The normalized spacial score (nSPS) is 22.1. The van der Waals surface area contributed by atoms with Crippen LogP contribution in [0, 0.1) is 6.92 Å². The number of benzene rings is 1. The fourth-order valence-corrected chi connectivity index (χ4v) is 4.37. The Hall–Kier alpha value is -1.86. The lowest BCUT2D eigenvalue weighted by Crippen LogP contribution is -2.44. The predicted molar refractivity (Wildman–Crippen MR) is 100 cm³/mol. The monoisotopic (exact) mass is 372 g/mol. The first kappa shape index (κ1) is 17.5. The number of thioether (sulfide) groups is 1. The Bertz CT molecular complexity index is 797. The number of aliphatic hydroxyl groups is 1. The molecule has 0 atom stereocenters. The van der Waals surface area contributed by atoms with Gasteiger partial charge in [-0.25, -0.2) is 0 Å². The van der Waals surface area contributed by atoms with Crippen LogP contribution in [-0.4, -0.2) is 37.6 Å². The van der Waals surface area contributed by atoms with Gasteiger partial charge in [0.05, 0.1) is 5.75 Å². The van der Waals surface area contributed by atoms with Crippen LogP contribution in [0.5, 0.6) is 0 Å². The molecule has 138 valence electrons. The van der Waals surface area contributed by atoms with Crippen molar-refractivity contribution in [3.8, 4) is 0 Å². The molecule has 0 unspecified atom stereocenters. The number of aryl methyl sites for hydroxylation is 1. The summed E-state index contributed by atoms with van der Waals surface area (Å²) in [7, 11) is 0. The summed E-state index contributed by atoms with van der Waals surface area (Å²) in [6.45, 7) is 2.00. The molecule has 0 aliphatic heterocycles. The third-order valence-electron chi connectivity index (χ3n) is 5.17. The summed E-state index contributed by atoms with van der Waals surface area (Å²) >= 11 is 1.58. The second-order valence-electron chi connectivity index (χ2n) is 7.22. The van der Waals surface area contributed by atoms with E-state index in [4.69, 9.17) is 0 Å². The molecule has 0 spiro atoms. The average molecular weight is 372 g/mol. The maximum Gasteiger partial charge on any atom is 0.230 e. The molecule has 2 aliphatic carbocycles. The SMILES string of the molecule is Cc1ccccc1SCC(=O)NC1CC(c2nnc(CO)n2C2CC2)C1. The Morgan fingerprint density at radius 2 is 2.08 bits per heavy atom. The van der Waals surface area contributed by atoms with E-state index in [2.05, 4.69) is 39.1 Å². The molecule has 26 heavy (non-hydrogen) atoms. The van der Waals surface area contributed by atoms with Crippen molar-refractivity contribution in [2.75, 3.05) is 5.75 Å². The van der Waals surface area contributed by atoms with Gasteiger partial charge in [-0.1, -0.05) is 18.2 Å². The molecule has 6 nitrogen and oxygen atoms in total. The fourth-order valence-electron chi connectivity index (χ4n) is 3.53. The first-order chi connectivity index (χ1) is 12.7. The molecular formula is C19H24N4O2S. The van der Waals surface area contributed by atoms with E-state index in [-0.39, 0.29) is 18.6 Å². The van der Waals surface area contributed by atoms with Crippen molar-refractivity contribution in [2.24, 2.45) is 0 Å². The summed E-state index contributed by atoms with van der Waals surface area (Å²) in [5, 5.41) is 21.0. The largest absolute Gasteiger partial charge is 0.388 e. The van der Waals surface area contributed by atoms with Crippen LogP contribution in [0.2, 0.25) is 0 Å². The van der Waals surface area contributed by atoms with Crippen molar-refractivity contribution in [3.05, 3.63) is 41.5 Å². The average Bonchev–Trinajstić information content (AvgIpc) is 3.36. The van der Waals surface area contributed by atoms with Crippen molar-refractivity contribution in [1.82, 2.24) is 20.1 Å². The molecule has 0 radical (unpaired) electrons. The minimum Gasteiger partial charge on any atom is -0.388 e. The highest BCUT2D eigenvalue weighted by molar-refractivity contribution is 8.00. The van der Waals surface area contributed by atoms with Crippen molar-refractivity contribution in [2.45, 2.75) is 62.1 Å². The van der Waals surface area contributed by atoms with Gasteiger partial charge in [0.2, 0.25) is 5.91 Å². The van der Waals surface area contributed by atoms with Gasteiger partial charge in [-0.3, -0.25) is 4.79 Å². The van der Waals surface area contributed by atoms with E-state index in [1.165, 1.54) is 5.56 Å². The molecule has 1 heterocycles. The van der Waals surface area contributed by atoms with Crippen molar-refractivity contribution in [3.63, 3.8) is 0 Å². The highest BCUT2D eigenvalue weighted by atomic mass is 32.2. The van der Waals surface area contributed by atoms with Crippen LogP contribution >= 0.6 is 11.8 Å². The number of hydrogen-bond acceptors (Lipinski definition) is 5. The highest BCUT2D eigenvalue weighted by Gasteiger charge is 2.38. The number of rotatable bonds is 7. The fraction of sp³-hybridized carbons (Fsp3) is 0.526. The first-order valence-corrected chi connectivity index (χ1v) is 10.2. The molecule has 0 saturated heterocycles. The summed E-state index contributed by atoms with van der Waals surface area (Å²) in [5.74, 6) is 2.51. The van der Waals surface area contributed by atoms with Gasteiger partial charge in [0, 0.05) is 22.9 Å². The summed E-state index contributed by atoms with van der Waals surface area (Å²) in [4.78, 5) is 13.4. The Morgan fingerprint density at radius 3 is 2.77 bits per heavy atom. The van der Waals surface area contributed by atoms with E-state index >= 15 is 0 Å². The van der Waals surface area contributed by atoms with Crippen LogP contribution < -0.4 is 5.32 Å². The van der Waals surface area contributed by atoms with E-state index in [0.29, 0.717) is 23.5 Å². The summed E-state index contributed by atoms with van der Waals surface area (Å²) < 4.78 is 2.12. The molecule has 0 bridgehead atoms. The minimum atomic E-state index is -0.0630. The van der Waals surface area contributed by atoms with Crippen molar-refractivity contribution in [1.29, 1.82) is 0 Å². The molecule has 7 heteroatoms. The Labute approximate surface area is 157 Å². The second kappa shape index (κ2) is 7.40. The third kappa shape index (κ3) is 3.64. The number of carbonyl (C=O) groups is 1. The van der Waals surface area contributed by atoms with E-state index in [9.17, 15) is 9.90 Å². The Kier molecular flexibility index (Phi) is 5.00. The molecule has 2 fully saturated rings. The third-order valence-corrected chi connectivity index (χ3v) is 6.34. The number of hydrogen-bond donors (Lipinski definition) is 2. The van der Waals surface area contributed by atoms with Gasteiger partial charge in [0.15, 0.2) is 5.82 Å². The van der Waals surface area contributed by atoms with E-state index in [1.54, 1.807) is 11.8 Å². The number of carbonyl (C=O) groups excluding carboxylic acids is 1. The van der Waals surface area contributed by atoms with Gasteiger partial charge in [-0.05, 0) is 44.2 Å². The number of aliphatic hydroxyl groups excluding tert-OH is 1. The Morgan fingerprint density at radius 1 is 1.31 bits per heavy atom. The van der Waals surface area contributed by atoms with E-state index in [0.717, 1.165) is 36.4 Å². The standard InChI is InChI=1S/C19H24N4O2S/c1-12-4-2-3-5-16(12)26-11-18(25)20-14-8-13(9-14)19-22-21-17(10-24)23(19)15-6-7-15/h2-5,13-15,24H,6-11H2,1H3,(H,20,25). The van der Waals surface area contributed by atoms with Gasteiger partial charge < -0.3 is 15.0 Å². The molecule has 2 aliphatic rings. The molecule has 1 amide bonds. The predicted octanol–water partition coefficient (Wildman–Crippen LogP) is 2.57. The molecule has 1 aromatic heterocycles. The molecular weight excluding hydrogens is 348 g/mol. The summed E-state index contributed by atoms with van der Waals surface area (Å²) in [6, 6.07) is 8.80. The lowest BCUT2D eigenvalue weighted by atomic mass is 9.79. The lowest BCUT2D eigenvalue weighted by molar-refractivity contribution is -0.119. The maximum absolute atomic E-state index is 12.2. The van der Waals surface area contributed by atoms with Gasteiger partial charge in [0.25, 0.3) is 0 Å². The zero-order chi connectivity index (χ0) is 18.1. The molecule has 1 aromatic carbocycles. The van der Waals surface area contributed by atoms with E-state index in [1.807, 2.05) is 12.1 Å². The number of amides is 1. The quantitative estimate of drug-likeness (QED) is 0.730. The molecule has 2 N–H and O–H groups in total. The van der Waals surface area contributed by atoms with Crippen LogP contribution in [0.4, 0.5) is 0 Å². The topological polar surface area (TPSA) is 80.0 Å². The van der Waals surface area contributed by atoms with Crippen LogP contribution in [0.1, 0.15) is 54.9 Å². The summed E-state index contributed by atoms with van der Waals surface area (Å²) in [6.07, 6.45) is 4.08. The zero-order valence-corrected chi connectivity index (χ0v) is 15.7. The second-order valence-corrected chi connectivity index (χ2v) is 8.24. The molecule has 2 aromatic rings. The maximum atomic E-state index is 12.2. The van der Waals surface area contributed by atoms with Gasteiger partial charge in [-0.2, -0.15) is 0 Å². The Balaban J connectivity index is 1.27. The van der Waals surface area contributed by atoms with Crippen molar-refractivity contribution >= 4 is 17.7 Å². The first-order valence-electron chi connectivity index (χ1n) is 9.18. The number of nitrogens with one attached hydrogen (secondary N) is 1. The number of nitrogens with zero attached hydrogens (tertiary/aromatic N) is 3.